The first-order chi connectivity index (χ1) is 53.7. The van der Waals surface area contributed by atoms with Gasteiger partial charge in [0, 0.05) is 48.3 Å². The quantitative estimate of drug-likeness (QED) is 0.0643. The van der Waals surface area contributed by atoms with Crippen molar-refractivity contribution in [3.63, 3.8) is 0 Å². The van der Waals surface area contributed by atoms with Crippen LogP contribution < -0.4 is 0 Å². The summed E-state index contributed by atoms with van der Waals surface area (Å²) in [5.41, 5.74) is 0. The highest BCUT2D eigenvalue weighted by Crippen LogP contribution is 2.45. The molecule has 9 saturated carbocycles. The van der Waals surface area contributed by atoms with Crippen LogP contribution in [-0.2, 0) is 139 Å². The van der Waals surface area contributed by atoms with Gasteiger partial charge in [-0.1, -0.05) is 27.7 Å². The first-order valence-electron chi connectivity index (χ1n) is 38.5. The molecule has 35 nitrogen and oxygen atoms in total. The largest absolute Gasteiger partial charge is 0.481 e. The van der Waals surface area contributed by atoms with Crippen LogP contribution in [0.2, 0.25) is 0 Å². The Morgan fingerprint density at radius 2 is 0.496 bits per heavy atom. The number of aliphatic hydroxyl groups is 2. The molecular formula is C80H116O35. The number of carboxylic acids is 4. The average Bonchev–Trinajstić information content (AvgIpc) is 1.64. The van der Waals surface area contributed by atoms with Crippen molar-refractivity contribution in [2.45, 2.75) is 202 Å². The Morgan fingerprint density at radius 3 is 0.757 bits per heavy atom. The number of fused-ring (bicyclic) bond motifs is 4. The Bertz CT molecular complexity index is 3250. The van der Waals surface area contributed by atoms with Gasteiger partial charge in [-0.25, -0.2) is 4.79 Å². The van der Waals surface area contributed by atoms with Gasteiger partial charge in [0.25, 0.3) is 0 Å². The lowest BCUT2D eigenvalue weighted by Gasteiger charge is -2.17. The van der Waals surface area contributed by atoms with E-state index in [4.69, 9.17) is 35.0 Å². The van der Waals surface area contributed by atoms with Crippen LogP contribution in [0, 0.1) is 130 Å². The normalized spacial score (nSPS) is 33.4. The van der Waals surface area contributed by atoms with Crippen LogP contribution in [0.3, 0.4) is 0 Å². The number of ketones is 7. The minimum absolute atomic E-state index is 0.0405. The number of ether oxygens (including phenoxy) is 9. The highest BCUT2D eigenvalue weighted by Gasteiger charge is 2.53. The van der Waals surface area contributed by atoms with Crippen molar-refractivity contribution in [3.8, 4) is 0 Å². The maximum absolute atomic E-state index is 11.3. The number of Topliss-reactive ketones (excluding diaryl/α,β-unsaturated/α-hetero) is 7. The second-order valence-electron chi connectivity index (χ2n) is 31.9. The molecule has 11 aliphatic rings. The van der Waals surface area contributed by atoms with E-state index in [0.29, 0.717) is 75.5 Å². The fourth-order valence-electron chi connectivity index (χ4n) is 17.6. The van der Waals surface area contributed by atoms with Crippen LogP contribution in [0.1, 0.15) is 178 Å². The Hall–Kier alpha value is -9.28. The van der Waals surface area contributed by atoms with E-state index in [2.05, 4.69) is 47.0 Å². The predicted octanol–water partition coefficient (Wildman–Crippen LogP) is 4.86. The van der Waals surface area contributed by atoms with Gasteiger partial charge in [-0.3, -0.25) is 91.1 Å². The van der Waals surface area contributed by atoms with E-state index in [1.165, 1.54) is 63.6 Å². The standard InChI is InChI=1S/C10H14O5.2C10H16O3.C9H12O5.2C9H14O4.C8H12O4.C8H10O3.C7H8O4/c1-5-3-6(8(11)9(12)13)7(4-5)10(14)15-2;2*1-6-4-8(7(2)11)9(5-6)10(12)13-3;1-13-8(11)6-3-5(10)4-7(6)9(12)14-2;1-5(10)7-3-6(11)4-8(7)9(12)13-2;1-5-3-6(8(10)11)7(4-5)9(12)13-2;1-4(9)6-2-5(10)3-7(6)8(11)12;1-4(9)6-2-5-3-7(6)8(10)11-5;8-6(9)4-1-3-2-5(4)7(10)11-3/h5-7H,3-4H2,1-2H3,(H,12,13);2*6,8-9H,4-5H2,1-3H3;6-7H,3-4H2,1-2H3;6-8,11H,3-4H2,1-2H3;5-7H,3-4H2,1-2H3,(H,10,11);5-7,10H,2-3H2,1H3,(H,11,12);5-7H,2-3H2,1H3;3-5H,1-2H2,(H,8,9). The summed E-state index contributed by atoms with van der Waals surface area (Å²) in [7, 11) is 9.06. The summed E-state index contributed by atoms with van der Waals surface area (Å²) in [6.45, 7) is 15.5. The van der Waals surface area contributed by atoms with Crippen molar-refractivity contribution in [3.05, 3.63) is 0 Å². The van der Waals surface area contributed by atoms with Gasteiger partial charge in [0.2, 0.25) is 5.78 Å². The van der Waals surface area contributed by atoms with Gasteiger partial charge >= 0.3 is 77.6 Å². The Balaban J connectivity index is 0.000000335. The molecule has 4 bridgehead atoms. The van der Waals surface area contributed by atoms with Gasteiger partial charge < -0.3 is 73.3 Å². The van der Waals surface area contributed by atoms with Gasteiger partial charge in [-0.05, 0) is 161 Å². The van der Waals surface area contributed by atoms with Gasteiger partial charge in [-0.15, -0.1) is 0 Å². The number of carbonyl (C=O) groups excluding carboxylic acids is 16. The molecule has 2 aliphatic heterocycles. The monoisotopic (exact) mass is 1640 g/mol. The van der Waals surface area contributed by atoms with E-state index >= 15 is 0 Å². The van der Waals surface area contributed by atoms with E-state index in [0.717, 1.165) is 38.5 Å². The molecule has 9 aliphatic carbocycles. The molecule has 646 valence electrons. The summed E-state index contributed by atoms with van der Waals surface area (Å²) in [5, 5.41) is 53.2. The van der Waals surface area contributed by atoms with E-state index in [-0.39, 0.29) is 143 Å². The number of esters is 9. The molecule has 11 rings (SSSR count). The summed E-state index contributed by atoms with van der Waals surface area (Å²) in [4.78, 5) is 221. The average molecular weight is 1640 g/mol. The number of methoxy groups -OCH3 is 7. The molecule has 2 heterocycles. The summed E-state index contributed by atoms with van der Waals surface area (Å²) < 4.78 is 41.8. The molecule has 0 amide bonds. The maximum atomic E-state index is 11.3. The van der Waals surface area contributed by atoms with Crippen molar-refractivity contribution < 1.29 is 169 Å². The number of carbonyl (C=O) groups is 20. The van der Waals surface area contributed by atoms with Gasteiger partial charge in [-0.2, -0.15) is 0 Å². The van der Waals surface area contributed by atoms with Gasteiger partial charge in [0.1, 0.15) is 46.9 Å². The molecular weight excluding hydrogens is 1520 g/mol. The molecule has 0 aromatic carbocycles. The molecule has 11 fully saturated rings. The summed E-state index contributed by atoms with van der Waals surface area (Å²) >= 11 is 0. The summed E-state index contributed by atoms with van der Waals surface area (Å²) in [5.74, 6) is -14.1. The van der Waals surface area contributed by atoms with E-state index in [9.17, 15) is 101 Å². The van der Waals surface area contributed by atoms with Crippen molar-refractivity contribution in [1.29, 1.82) is 0 Å². The third-order valence-corrected chi connectivity index (χ3v) is 23.5. The fraction of sp³-hybridized carbons (Fsp3) is 0.750. The first kappa shape index (κ1) is 99.9. The minimum atomic E-state index is -1.47. The van der Waals surface area contributed by atoms with Crippen LogP contribution in [0.4, 0.5) is 0 Å². The molecule has 26 atom stereocenters. The zero-order valence-corrected chi connectivity index (χ0v) is 68.3. The summed E-state index contributed by atoms with van der Waals surface area (Å²) in [6, 6.07) is 0. The topological polar surface area (TPSA) is 546 Å². The number of rotatable bonds is 17. The lowest BCUT2D eigenvalue weighted by atomic mass is 9.92. The van der Waals surface area contributed by atoms with E-state index in [1.807, 2.05) is 13.8 Å². The number of hydrogen-bond acceptors (Lipinski definition) is 31. The number of aliphatic carboxylic acids is 4. The molecule has 0 aromatic heterocycles. The molecule has 115 heavy (non-hydrogen) atoms. The predicted molar refractivity (Wildman–Crippen MR) is 392 cm³/mol. The molecule has 26 unspecified atom stereocenters. The number of aliphatic hydroxyl groups excluding tert-OH is 2. The Morgan fingerprint density at radius 1 is 0.278 bits per heavy atom. The third kappa shape index (κ3) is 28.6. The molecule has 0 radical (unpaired) electrons. The molecule has 0 aromatic rings. The van der Waals surface area contributed by atoms with Crippen LogP contribution >= 0.6 is 0 Å². The van der Waals surface area contributed by atoms with Crippen LogP contribution in [0.5, 0.6) is 0 Å². The van der Waals surface area contributed by atoms with Crippen LogP contribution in [0.25, 0.3) is 0 Å². The van der Waals surface area contributed by atoms with Gasteiger partial charge in [0.15, 0.2) is 0 Å². The van der Waals surface area contributed by atoms with E-state index < -0.39 is 131 Å². The van der Waals surface area contributed by atoms with Crippen LogP contribution in [0.15, 0.2) is 0 Å². The molecule has 2 saturated heterocycles. The smallest absolute Gasteiger partial charge is 0.372 e. The van der Waals surface area contributed by atoms with Crippen molar-refractivity contribution in [1.82, 2.24) is 0 Å². The minimum Gasteiger partial charge on any atom is -0.481 e. The SMILES string of the molecule is CC(=O)C1CC(O)CC1C(=O)O.CC(=O)C1CC2CC1C(=O)O2.COC(=O)C1CC(=O)CC1C(=O)OC.COC(=O)C1CC(C)CC1C(=O)C(=O)O.COC(=O)C1CC(C)CC1C(=O)O.COC(=O)C1CC(C)CC1C(C)=O.COC(=O)C1CC(C)CC1C(C)=O.COC(=O)C1CC(O)CC1C(C)=O.O=C(O)C1CC2CC1C(=O)O2. The highest BCUT2D eigenvalue weighted by atomic mass is 16.6. The van der Waals surface area contributed by atoms with Crippen molar-refractivity contribution in [2.24, 2.45) is 130 Å². The van der Waals surface area contributed by atoms with Crippen molar-refractivity contribution in [2.75, 3.05) is 49.8 Å². The second kappa shape index (κ2) is 46.5. The zero-order valence-electron chi connectivity index (χ0n) is 68.3. The zero-order chi connectivity index (χ0) is 87.6. The number of hydrogen-bond donors (Lipinski definition) is 6. The second-order valence-corrected chi connectivity index (χ2v) is 31.9. The highest BCUT2D eigenvalue weighted by molar-refractivity contribution is 6.34. The fourth-order valence-corrected chi connectivity index (χ4v) is 17.6. The van der Waals surface area contributed by atoms with Crippen molar-refractivity contribution >= 4 is 118 Å². The number of carboxylic acid groups (broad SMARTS) is 4. The first-order valence-corrected chi connectivity index (χ1v) is 38.5. The maximum Gasteiger partial charge on any atom is 0.372 e. The Labute approximate surface area is 667 Å². The molecule has 35 heteroatoms. The van der Waals surface area contributed by atoms with Gasteiger partial charge in [0.05, 0.1) is 133 Å². The third-order valence-electron chi connectivity index (χ3n) is 23.5. The Kier molecular flexibility index (Phi) is 40.4. The van der Waals surface area contributed by atoms with E-state index in [1.54, 1.807) is 20.8 Å². The molecule has 6 N–H and O–H groups in total. The lowest BCUT2D eigenvalue weighted by molar-refractivity contribution is -0.158. The lowest BCUT2D eigenvalue weighted by Crippen LogP contribution is -2.30. The summed E-state index contributed by atoms with van der Waals surface area (Å²) in [6.07, 6.45) is 8.19. The van der Waals surface area contributed by atoms with Crippen LogP contribution in [-0.4, -0.2) is 223 Å². The molecule has 0 spiro atoms.